The van der Waals surface area contributed by atoms with Crippen molar-refractivity contribution in [2.24, 2.45) is 0 Å². The minimum atomic E-state index is -0.860. The van der Waals surface area contributed by atoms with E-state index >= 15 is 0 Å². The molecule has 0 spiro atoms. The molecule has 320 valence electrons. The van der Waals surface area contributed by atoms with Crippen molar-refractivity contribution in [3.05, 3.63) is 239 Å². The van der Waals surface area contributed by atoms with E-state index in [9.17, 15) is 19.2 Å². The topological polar surface area (TPSA) is 105 Å². The molecule has 8 aromatic carbocycles. The highest BCUT2D eigenvalue weighted by Crippen LogP contribution is 2.47. The maximum atomic E-state index is 12.2. The van der Waals surface area contributed by atoms with Gasteiger partial charge in [0.15, 0.2) is 0 Å². The number of methoxy groups -OCH3 is 4. The molecule has 0 amide bonds. The third kappa shape index (κ3) is 8.70. The molecule has 0 atom stereocenters. The van der Waals surface area contributed by atoms with Crippen LogP contribution in [0.5, 0.6) is 0 Å². The van der Waals surface area contributed by atoms with E-state index in [1.165, 1.54) is 28.4 Å². The van der Waals surface area contributed by atoms with E-state index in [1.54, 1.807) is 48.5 Å². The third-order valence-corrected chi connectivity index (χ3v) is 11.8. The lowest BCUT2D eigenvalue weighted by Gasteiger charge is -2.37. The molecule has 8 aromatic rings. The van der Waals surface area contributed by atoms with Gasteiger partial charge in [0, 0.05) is 0 Å². The smallest absolute Gasteiger partial charge is 0.337 e. The Bertz CT molecular complexity index is 2540. The van der Waals surface area contributed by atoms with Crippen LogP contribution in [0.1, 0.15) is 63.7 Å². The van der Waals surface area contributed by atoms with Gasteiger partial charge in [0.2, 0.25) is 0 Å². The number of carbonyl (C=O) groups excluding carboxylic acids is 4. The fraction of sp³-hybridized carbons (Fsp3) is 0.0877. The summed E-state index contributed by atoms with van der Waals surface area (Å²) in [5.41, 5.74) is 12.7. The largest absolute Gasteiger partial charge is 0.465 e. The van der Waals surface area contributed by atoms with Gasteiger partial charge in [0.25, 0.3) is 0 Å². The Morgan fingerprint density at radius 3 is 0.523 bits per heavy atom. The van der Waals surface area contributed by atoms with E-state index in [0.29, 0.717) is 22.3 Å². The van der Waals surface area contributed by atoms with Crippen molar-refractivity contribution in [1.82, 2.24) is 0 Å². The molecule has 0 aliphatic rings. The van der Waals surface area contributed by atoms with Crippen molar-refractivity contribution in [2.75, 3.05) is 28.4 Å². The third-order valence-electron chi connectivity index (χ3n) is 11.8. The highest BCUT2D eigenvalue weighted by molar-refractivity contribution is 5.92. The van der Waals surface area contributed by atoms with Gasteiger partial charge in [0.05, 0.1) is 56.1 Å². The van der Waals surface area contributed by atoms with Crippen LogP contribution in [0.25, 0.3) is 44.5 Å². The van der Waals surface area contributed by atoms with E-state index in [0.717, 1.165) is 66.8 Å². The maximum absolute atomic E-state index is 12.2. The van der Waals surface area contributed by atoms with Crippen LogP contribution in [0.4, 0.5) is 0 Å². The van der Waals surface area contributed by atoms with Crippen molar-refractivity contribution in [3.8, 4) is 44.5 Å². The van der Waals surface area contributed by atoms with E-state index in [4.69, 9.17) is 18.9 Å². The summed E-state index contributed by atoms with van der Waals surface area (Å²) in [5, 5.41) is 0. The molecule has 0 aromatic heterocycles. The zero-order valence-electron chi connectivity index (χ0n) is 36.2. The van der Waals surface area contributed by atoms with Gasteiger partial charge in [-0.05, 0) is 115 Å². The Morgan fingerprint density at radius 2 is 0.385 bits per heavy atom. The molecule has 0 bridgehead atoms. The van der Waals surface area contributed by atoms with Crippen molar-refractivity contribution in [1.29, 1.82) is 0 Å². The minimum Gasteiger partial charge on any atom is -0.465 e. The molecular formula is C57H44O8. The summed E-state index contributed by atoms with van der Waals surface area (Å²) < 4.78 is 19.7. The molecule has 0 heterocycles. The fourth-order valence-corrected chi connectivity index (χ4v) is 8.32. The van der Waals surface area contributed by atoms with E-state index in [1.807, 2.05) is 48.5 Å². The summed E-state index contributed by atoms with van der Waals surface area (Å²) in [7, 11) is 5.47. The number of ether oxygens (including phenoxy) is 4. The summed E-state index contributed by atoms with van der Waals surface area (Å²) in [4.78, 5) is 48.8. The number of hydrogen-bond acceptors (Lipinski definition) is 8. The van der Waals surface area contributed by atoms with Crippen molar-refractivity contribution in [3.63, 3.8) is 0 Å². The van der Waals surface area contributed by atoms with Gasteiger partial charge < -0.3 is 18.9 Å². The summed E-state index contributed by atoms with van der Waals surface area (Å²) in [5.74, 6) is -1.58. The van der Waals surface area contributed by atoms with Gasteiger partial charge in [-0.25, -0.2) is 19.2 Å². The number of rotatable bonds is 12. The second-order valence-electron chi connectivity index (χ2n) is 15.3. The summed E-state index contributed by atoms with van der Waals surface area (Å²) >= 11 is 0. The van der Waals surface area contributed by atoms with Gasteiger partial charge in [-0.15, -0.1) is 0 Å². The molecule has 0 saturated heterocycles. The predicted molar refractivity (Wildman–Crippen MR) is 252 cm³/mol. The highest BCUT2D eigenvalue weighted by atomic mass is 16.5. The number of benzene rings is 8. The summed E-state index contributed by atoms with van der Waals surface area (Å²) in [6.07, 6.45) is 0. The number of carbonyl (C=O) groups is 4. The van der Waals surface area contributed by atoms with E-state index in [2.05, 4.69) is 97.1 Å². The quantitative estimate of drug-likeness (QED) is 0.0679. The molecule has 0 aliphatic heterocycles. The Labute approximate surface area is 377 Å². The molecule has 0 radical (unpaired) electrons. The highest BCUT2D eigenvalue weighted by Gasteiger charge is 2.38. The average molecular weight is 857 g/mol. The van der Waals surface area contributed by atoms with Crippen LogP contribution in [0.3, 0.4) is 0 Å². The van der Waals surface area contributed by atoms with Crippen LogP contribution in [-0.2, 0) is 24.4 Å². The first-order chi connectivity index (χ1) is 31.7. The average Bonchev–Trinajstić information content (AvgIpc) is 3.39. The van der Waals surface area contributed by atoms with Gasteiger partial charge in [-0.3, -0.25) is 0 Å². The normalized spacial score (nSPS) is 11.0. The first-order valence-corrected chi connectivity index (χ1v) is 20.8. The van der Waals surface area contributed by atoms with Gasteiger partial charge in [-0.2, -0.15) is 0 Å². The SMILES string of the molecule is COC(=O)c1ccc(-c2ccc(C(c3ccc(-c4ccc(C(=O)OC)cc4)cc3)(c3ccc(-c4ccc(C(=O)OC)cc4)cc3)c3ccc(-c4ccc(C(=O)OC)cc4)cc3)cc2)cc1. The second-order valence-corrected chi connectivity index (χ2v) is 15.3. The number of esters is 4. The molecule has 0 saturated carbocycles. The lowest BCUT2D eigenvalue weighted by atomic mass is 9.64. The number of hydrogen-bond donors (Lipinski definition) is 0. The zero-order valence-corrected chi connectivity index (χ0v) is 36.2. The van der Waals surface area contributed by atoms with Crippen LogP contribution < -0.4 is 0 Å². The lowest BCUT2D eigenvalue weighted by molar-refractivity contribution is 0.0592. The molecule has 65 heavy (non-hydrogen) atoms. The Hall–Kier alpha value is -8.36. The first-order valence-electron chi connectivity index (χ1n) is 20.8. The van der Waals surface area contributed by atoms with Gasteiger partial charge in [0.1, 0.15) is 0 Å². The Balaban J connectivity index is 1.29. The van der Waals surface area contributed by atoms with E-state index in [-0.39, 0.29) is 0 Å². The van der Waals surface area contributed by atoms with Crippen LogP contribution in [0.15, 0.2) is 194 Å². The van der Waals surface area contributed by atoms with Crippen molar-refractivity contribution < 1.29 is 38.1 Å². The molecule has 0 aliphatic carbocycles. The summed E-state index contributed by atoms with van der Waals surface area (Å²) in [6, 6.07) is 63.5. The van der Waals surface area contributed by atoms with Crippen LogP contribution in [0, 0.1) is 0 Å². The molecule has 8 nitrogen and oxygen atoms in total. The predicted octanol–water partition coefficient (Wildman–Crippen LogP) is 11.9. The Kier molecular flexibility index (Phi) is 12.6. The van der Waals surface area contributed by atoms with Crippen molar-refractivity contribution in [2.45, 2.75) is 5.41 Å². The molecule has 8 rings (SSSR count). The fourth-order valence-electron chi connectivity index (χ4n) is 8.32. The van der Waals surface area contributed by atoms with Gasteiger partial charge >= 0.3 is 23.9 Å². The van der Waals surface area contributed by atoms with E-state index < -0.39 is 29.3 Å². The van der Waals surface area contributed by atoms with Crippen LogP contribution in [-0.4, -0.2) is 52.3 Å². The maximum Gasteiger partial charge on any atom is 0.337 e. The summed E-state index contributed by atoms with van der Waals surface area (Å²) in [6.45, 7) is 0. The van der Waals surface area contributed by atoms with Crippen LogP contribution in [0.2, 0.25) is 0 Å². The molecule has 0 N–H and O–H groups in total. The monoisotopic (exact) mass is 856 g/mol. The molecule has 0 fully saturated rings. The standard InChI is InChI=1S/C57H44O8/c1-62-53(58)45-13-5-37(6-14-45)41-21-29-49(30-22-41)57(50-31-23-42(24-32-50)38-7-15-46(16-8-38)54(59)63-2,51-33-25-43(26-34-51)39-9-17-47(18-10-39)55(60)64-3)52-35-27-44(28-36-52)40-11-19-48(20-12-40)56(61)65-4/h5-36H,1-4H3. The second kappa shape index (κ2) is 18.9. The van der Waals surface area contributed by atoms with Gasteiger partial charge in [-0.1, -0.05) is 146 Å². The molecular weight excluding hydrogens is 813 g/mol. The minimum absolute atomic E-state index is 0.394. The lowest BCUT2D eigenvalue weighted by Crippen LogP contribution is -2.31. The zero-order chi connectivity index (χ0) is 45.5. The van der Waals surface area contributed by atoms with Crippen LogP contribution >= 0.6 is 0 Å². The molecule has 0 unspecified atom stereocenters. The van der Waals surface area contributed by atoms with Crippen molar-refractivity contribution >= 4 is 23.9 Å². The Morgan fingerprint density at radius 1 is 0.246 bits per heavy atom. The molecule has 8 heteroatoms. The first kappa shape index (κ1) is 43.3.